The first kappa shape index (κ1) is 54.6. The Morgan fingerprint density at radius 2 is 0.959 bits per heavy atom. The molecule has 0 aliphatic heterocycles. The molecular weight excluding hydrogens is 1000 g/mol. The van der Waals surface area contributed by atoms with E-state index in [4.69, 9.17) is 14.2 Å². The Bertz CT molecular complexity index is 2780. The molecule has 0 spiro atoms. The first-order chi connectivity index (χ1) is 35.2. The summed E-state index contributed by atoms with van der Waals surface area (Å²) < 4.78 is 18.5. The SMILES string of the molecule is CC(OC(=O)CC1CC2CC1C(C)C2C)c1ccc2c(Br)cccc2c1.CC(OC(=O)CC1CC2CC1C(C)C2C)c1ccc2ccccc2c1.CC1C2CC(CC(=O)OC(C)(C)c3ccc(S)cc3)C(C2)C1C. The number of halogens is 1. The van der Waals surface area contributed by atoms with Crippen molar-refractivity contribution < 1.29 is 28.6 Å². The van der Waals surface area contributed by atoms with Gasteiger partial charge in [0.05, 0.1) is 0 Å². The number of rotatable bonds is 12. The molecular formula is C66H83BrO6S. The van der Waals surface area contributed by atoms with Gasteiger partial charge in [-0.1, -0.05) is 130 Å². The van der Waals surface area contributed by atoms with Crippen LogP contribution in [0.25, 0.3) is 21.5 Å². The third-order valence-electron chi connectivity index (χ3n) is 20.5. The smallest absolute Gasteiger partial charge is 0.306 e. The zero-order valence-electron chi connectivity index (χ0n) is 45.8. The lowest BCUT2D eigenvalue weighted by molar-refractivity contribution is -0.159. The molecule has 5 aromatic carbocycles. The van der Waals surface area contributed by atoms with Crippen LogP contribution in [0.5, 0.6) is 0 Å². The van der Waals surface area contributed by atoms with E-state index in [0.29, 0.717) is 42.9 Å². The fourth-order valence-corrected chi connectivity index (χ4v) is 16.1. The van der Waals surface area contributed by atoms with Crippen molar-refractivity contribution in [3.05, 3.63) is 124 Å². The van der Waals surface area contributed by atoms with Crippen LogP contribution >= 0.6 is 28.6 Å². The summed E-state index contributed by atoms with van der Waals surface area (Å²) in [7, 11) is 0. The summed E-state index contributed by atoms with van der Waals surface area (Å²) in [6.07, 6.45) is 8.94. The van der Waals surface area contributed by atoms with Crippen LogP contribution in [0.1, 0.15) is 156 Å². The fourth-order valence-electron chi connectivity index (χ4n) is 15.5. The number of hydrogen-bond acceptors (Lipinski definition) is 7. The average Bonchev–Trinajstić information content (AvgIpc) is 4.23. The summed E-state index contributed by atoms with van der Waals surface area (Å²) in [6, 6.07) is 34.9. The van der Waals surface area contributed by atoms with Gasteiger partial charge < -0.3 is 14.2 Å². The maximum atomic E-state index is 12.5. The number of ether oxygens (including phenoxy) is 3. The van der Waals surface area contributed by atoms with Gasteiger partial charge in [0.25, 0.3) is 0 Å². The second-order valence-corrected chi connectivity index (χ2v) is 26.2. The van der Waals surface area contributed by atoms with E-state index in [1.54, 1.807) is 0 Å². The zero-order chi connectivity index (χ0) is 52.7. The zero-order valence-corrected chi connectivity index (χ0v) is 48.2. The monoisotopic (exact) mass is 1080 g/mol. The van der Waals surface area contributed by atoms with Crippen LogP contribution in [-0.4, -0.2) is 17.9 Å². The van der Waals surface area contributed by atoms with Crippen LogP contribution in [0.4, 0.5) is 0 Å². The van der Waals surface area contributed by atoms with Gasteiger partial charge in [0, 0.05) is 28.6 Å². The molecule has 0 aromatic heterocycles. The predicted octanol–water partition coefficient (Wildman–Crippen LogP) is 17.4. The van der Waals surface area contributed by atoms with Crippen molar-refractivity contribution in [3.63, 3.8) is 0 Å². The Morgan fingerprint density at radius 3 is 1.43 bits per heavy atom. The second kappa shape index (κ2) is 22.8. The summed E-state index contributed by atoms with van der Waals surface area (Å²) >= 11 is 7.89. The lowest BCUT2D eigenvalue weighted by Gasteiger charge is -2.32. The molecule has 0 radical (unpaired) electrons. The quantitative estimate of drug-likeness (QED) is 0.0762. The number of esters is 3. The molecule has 396 valence electrons. The average molecular weight is 1080 g/mol. The molecule has 5 aromatic rings. The first-order valence-corrected chi connectivity index (χ1v) is 29.6. The highest BCUT2D eigenvalue weighted by Gasteiger charge is 2.51. The van der Waals surface area contributed by atoms with Crippen molar-refractivity contribution in [2.24, 2.45) is 88.8 Å². The standard InChI is InChI=1S/C23H27BrO2.C23H28O2.C20H28O2S/c1-13-14(2)21-11-18(13)10-19(21)12-23(25)26-15(3)16-7-8-20-17(9-16)5-4-6-22(20)24;1-14-15(2)22-12-20(14)11-21(22)13-23(24)25-16(3)18-9-8-17-6-4-5-7-19(17)10-18;1-12-13(2)18-10-14(12)9-15(18)11-19(21)22-20(3,4)16-5-7-17(23)8-6-16/h4-9,13-15,18-19,21H,10-12H2,1-3H3;4-10,14-16,20-22H,11-13H2,1-3H3;5-8,12-15,18,23H,9-11H2,1-4H3. The Hall–Kier alpha value is -4.14. The topological polar surface area (TPSA) is 78.9 Å². The number of carbonyl (C=O) groups excluding carboxylic acids is 3. The summed E-state index contributed by atoms with van der Waals surface area (Å²) in [5.41, 5.74) is 2.55. The van der Waals surface area contributed by atoms with Gasteiger partial charge in [0.1, 0.15) is 17.8 Å². The Labute approximate surface area is 456 Å². The molecule has 0 saturated heterocycles. The molecule has 6 fully saturated rings. The van der Waals surface area contributed by atoms with Gasteiger partial charge in [-0.2, -0.15) is 0 Å². The molecule has 0 amide bonds. The minimum atomic E-state index is -0.588. The van der Waals surface area contributed by atoms with E-state index in [1.807, 2.05) is 76.2 Å². The molecule has 6 bridgehead atoms. The van der Waals surface area contributed by atoms with Gasteiger partial charge >= 0.3 is 17.9 Å². The molecule has 8 heteroatoms. The van der Waals surface area contributed by atoms with Crippen LogP contribution < -0.4 is 0 Å². The van der Waals surface area contributed by atoms with E-state index >= 15 is 0 Å². The molecule has 6 nitrogen and oxygen atoms in total. The summed E-state index contributed by atoms with van der Waals surface area (Å²) in [5, 5.41) is 4.75. The lowest BCUT2D eigenvalue weighted by atomic mass is 9.74. The largest absolute Gasteiger partial charge is 0.458 e. The van der Waals surface area contributed by atoms with Gasteiger partial charge in [0.2, 0.25) is 0 Å². The highest BCUT2D eigenvalue weighted by Crippen LogP contribution is 2.58. The second-order valence-electron chi connectivity index (χ2n) is 24.9. The third-order valence-corrected chi connectivity index (χ3v) is 21.5. The van der Waals surface area contributed by atoms with Crippen molar-refractivity contribution >= 4 is 68.0 Å². The number of benzene rings is 5. The Balaban J connectivity index is 0.000000137. The van der Waals surface area contributed by atoms with E-state index in [-0.39, 0.29) is 30.1 Å². The van der Waals surface area contributed by atoms with Crippen molar-refractivity contribution in [2.75, 3.05) is 0 Å². The van der Waals surface area contributed by atoms with Gasteiger partial charge in [-0.05, 0) is 224 Å². The van der Waals surface area contributed by atoms with Crippen LogP contribution in [0, 0.1) is 88.8 Å². The molecule has 0 N–H and O–H groups in total. The molecule has 6 aliphatic rings. The molecule has 11 rings (SSSR count). The molecule has 74 heavy (non-hydrogen) atoms. The minimum Gasteiger partial charge on any atom is -0.458 e. The van der Waals surface area contributed by atoms with Crippen molar-refractivity contribution in [1.82, 2.24) is 0 Å². The highest BCUT2D eigenvalue weighted by atomic mass is 79.9. The summed E-state index contributed by atoms with van der Waals surface area (Å²) in [4.78, 5) is 38.4. The number of thiol groups is 1. The number of carbonyl (C=O) groups is 3. The maximum absolute atomic E-state index is 12.5. The van der Waals surface area contributed by atoms with Gasteiger partial charge in [-0.25, -0.2) is 0 Å². The van der Waals surface area contributed by atoms with E-state index in [0.717, 1.165) is 96.5 Å². The Morgan fingerprint density at radius 1 is 0.527 bits per heavy atom. The summed E-state index contributed by atoms with van der Waals surface area (Å²) in [5.74, 6) is 10.8. The number of fused-ring (bicyclic) bond motifs is 8. The van der Waals surface area contributed by atoms with Crippen LogP contribution in [0.2, 0.25) is 0 Å². The molecule has 17 atom stereocenters. The van der Waals surface area contributed by atoms with Gasteiger partial charge in [-0.3, -0.25) is 14.4 Å². The van der Waals surface area contributed by atoms with Crippen molar-refractivity contribution in [3.8, 4) is 0 Å². The predicted molar refractivity (Wildman–Crippen MR) is 305 cm³/mol. The van der Waals surface area contributed by atoms with E-state index in [9.17, 15) is 14.4 Å². The highest BCUT2D eigenvalue weighted by molar-refractivity contribution is 9.10. The summed E-state index contributed by atoms with van der Waals surface area (Å²) in [6.45, 7) is 22.1. The van der Waals surface area contributed by atoms with E-state index < -0.39 is 5.60 Å². The van der Waals surface area contributed by atoms with Crippen molar-refractivity contribution in [2.45, 2.75) is 150 Å². The van der Waals surface area contributed by atoms with Crippen LogP contribution in [0.15, 0.2) is 112 Å². The van der Waals surface area contributed by atoms with E-state index in [1.165, 1.54) is 54.7 Å². The van der Waals surface area contributed by atoms with Crippen LogP contribution in [0.3, 0.4) is 0 Å². The fraction of sp³-hybridized carbons (Fsp3) is 0.561. The normalized spacial score (nSPS) is 32.1. The maximum Gasteiger partial charge on any atom is 0.306 e. The Kier molecular flexibility index (Phi) is 16.9. The molecule has 6 aliphatic carbocycles. The van der Waals surface area contributed by atoms with E-state index in [2.05, 4.69) is 125 Å². The van der Waals surface area contributed by atoms with Crippen molar-refractivity contribution in [1.29, 1.82) is 0 Å². The first-order valence-electron chi connectivity index (χ1n) is 28.3. The van der Waals surface area contributed by atoms with Crippen LogP contribution in [-0.2, 0) is 34.2 Å². The molecule has 6 saturated carbocycles. The number of hydrogen-bond donors (Lipinski definition) is 1. The third kappa shape index (κ3) is 11.9. The lowest BCUT2D eigenvalue weighted by Crippen LogP contribution is -2.30. The molecule has 0 heterocycles. The van der Waals surface area contributed by atoms with Gasteiger partial charge in [-0.15, -0.1) is 12.6 Å². The minimum absolute atomic E-state index is 0.0296. The molecule has 17 unspecified atom stereocenters. The van der Waals surface area contributed by atoms with Gasteiger partial charge in [0.15, 0.2) is 0 Å².